The molecule has 1 aromatic carbocycles. The van der Waals surface area contributed by atoms with Gasteiger partial charge in [-0.25, -0.2) is 0 Å². The third-order valence-corrected chi connectivity index (χ3v) is 5.06. The van der Waals surface area contributed by atoms with E-state index in [0.29, 0.717) is 6.42 Å². The van der Waals surface area contributed by atoms with E-state index in [1.54, 1.807) is 0 Å². The fraction of sp³-hybridized carbons (Fsp3) is 0.562. The number of fused-ring (bicyclic) bond motifs is 1. The zero-order chi connectivity index (χ0) is 15.1. The van der Waals surface area contributed by atoms with Crippen LogP contribution in [0.25, 0.3) is 0 Å². The number of amides is 1. The van der Waals surface area contributed by atoms with Gasteiger partial charge in [-0.15, -0.1) is 11.8 Å². The molecule has 3 N–H and O–H groups in total. The van der Waals surface area contributed by atoms with Gasteiger partial charge in [0.1, 0.15) is 0 Å². The van der Waals surface area contributed by atoms with E-state index >= 15 is 0 Å². The molecule has 0 bridgehead atoms. The van der Waals surface area contributed by atoms with Gasteiger partial charge in [-0.3, -0.25) is 4.79 Å². The van der Waals surface area contributed by atoms with Crippen LogP contribution in [-0.2, 0) is 4.79 Å². The van der Waals surface area contributed by atoms with Gasteiger partial charge >= 0.3 is 0 Å². The summed E-state index contributed by atoms with van der Waals surface area (Å²) in [6.07, 6.45) is 5.75. The van der Waals surface area contributed by atoms with Gasteiger partial charge in [0.25, 0.3) is 0 Å². The monoisotopic (exact) mass is 326 g/mol. The summed E-state index contributed by atoms with van der Waals surface area (Å²) in [5, 5.41) is 3.89. The van der Waals surface area contributed by atoms with Crippen molar-refractivity contribution in [2.24, 2.45) is 5.73 Å². The lowest BCUT2D eigenvalue weighted by Crippen LogP contribution is -2.30. The fourth-order valence-corrected chi connectivity index (χ4v) is 3.85. The first-order valence-electron chi connectivity index (χ1n) is 7.62. The molecule has 0 radical (unpaired) electrons. The number of hydrogen-bond donors (Lipinski definition) is 2. The van der Waals surface area contributed by atoms with Crippen molar-refractivity contribution in [3.05, 3.63) is 28.8 Å². The van der Waals surface area contributed by atoms with Crippen molar-refractivity contribution in [1.82, 2.24) is 5.32 Å². The van der Waals surface area contributed by atoms with Crippen molar-refractivity contribution in [3.8, 4) is 0 Å². The number of nitrogens with one attached hydrogen (secondary N) is 1. The number of rotatable bonds is 7. The minimum atomic E-state index is 0.108. The maximum Gasteiger partial charge on any atom is 0.220 e. The summed E-state index contributed by atoms with van der Waals surface area (Å²) >= 11 is 7.91. The highest BCUT2D eigenvalue weighted by atomic mass is 35.5. The zero-order valence-corrected chi connectivity index (χ0v) is 13.8. The Labute approximate surface area is 136 Å². The summed E-state index contributed by atoms with van der Waals surface area (Å²) in [6.45, 7) is 0.740. The maximum atomic E-state index is 12.1. The predicted octanol–water partition coefficient (Wildman–Crippen LogP) is 3.90. The van der Waals surface area contributed by atoms with Crippen molar-refractivity contribution in [2.45, 2.75) is 49.5 Å². The first-order valence-corrected chi connectivity index (χ1v) is 8.98. The van der Waals surface area contributed by atoms with E-state index in [9.17, 15) is 4.79 Å². The van der Waals surface area contributed by atoms with Crippen molar-refractivity contribution in [3.63, 3.8) is 0 Å². The van der Waals surface area contributed by atoms with Crippen molar-refractivity contribution < 1.29 is 4.79 Å². The van der Waals surface area contributed by atoms with Gasteiger partial charge in [-0.1, -0.05) is 24.4 Å². The summed E-state index contributed by atoms with van der Waals surface area (Å²) in [5.74, 6) is 1.18. The summed E-state index contributed by atoms with van der Waals surface area (Å²) in [5.41, 5.74) is 6.62. The molecule has 0 saturated carbocycles. The average Bonchev–Trinajstić information content (AvgIpc) is 2.48. The molecule has 21 heavy (non-hydrogen) atoms. The molecule has 1 amide bonds. The topological polar surface area (TPSA) is 55.1 Å². The van der Waals surface area contributed by atoms with Crippen LogP contribution in [0.2, 0.25) is 5.02 Å². The number of benzene rings is 1. The summed E-state index contributed by atoms with van der Waals surface area (Å²) < 4.78 is 0. The molecule has 1 aliphatic rings. The normalized spacial score (nSPS) is 17.3. The Morgan fingerprint density at radius 3 is 2.95 bits per heavy atom. The molecule has 2 rings (SSSR count). The van der Waals surface area contributed by atoms with E-state index < -0.39 is 0 Å². The Balaban J connectivity index is 1.83. The molecule has 0 saturated heterocycles. The minimum Gasteiger partial charge on any atom is -0.349 e. The van der Waals surface area contributed by atoms with Gasteiger partial charge in [-0.2, -0.15) is 0 Å². The first kappa shape index (κ1) is 16.7. The molecule has 1 heterocycles. The van der Waals surface area contributed by atoms with Crippen LogP contribution in [0.1, 0.15) is 50.1 Å². The Morgan fingerprint density at radius 1 is 1.33 bits per heavy atom. The van der Waals surface area contributed by atoms with E-state index in [1.165, 1.54) is 4.90 Å². The molecule has 1 aromatic rings. The molecule has 0 aromatic heterocycles. The standard InChI is InChI=1S/C16H23ClN2OS/c17-12-6-7-15-13(11-12)14(8-10-21-15)19-16(20)5-3-1-2-4-9-18/h6-7,11,14H,1-5,8-10,18H2,(H,19,20). The minimum absolute atomic E-state index is 0.108. The molecule has 0 spiro atoms. The van der Waals surface area contributed by atoms with Crippen molar-refractivity contribution in [1.29, 1.82) is 0 Å². The fourth-order valence-electron chi connectivity index (χ4n) is 2.57. The largest absolute Gasteiger partial charge is 0.349 e. The van der Waals surface area contributed by atoms with Gasteiger partial charge in [0.15, 0.2) is 0 Å². The number of thioether (sulfide) groups is 1. The highest BCUT2D eigenvalue weighted by Crippen LogP contribution is 2.37. The van der Waals surface area contributed by atoms with Crippen LogP contribution in [0, 0.1) is 0 Å². The van der Waals surface area contributed by atoms with Gasteiger partial charge in [-0.05, 0) is 49.6 Å². The molecule has 116 valence electrons. The van der Waals surface area contributed by atoms with Crippen LogP contribution < -0.4 is 11.1 Å². The SMILES string of the molecule is NCCCCCCC(=O)NC1CCSc2ccc(Cl)cc21. The third-order valence-electron chi connectivity index (χ3n) is 3.70. The molecule has 0 aliphatic carbocycles. The Bertz CT molecular complexity index is 481. The Morgan fingerprint density at radius 2 is 2.14 bits per heavy atom. The number of unbranched alkanes of at least 4 members (excludes halogenated alkanes) is 3. The molecule has 0 fully saturated rings. The number of carbonyl (C=O) groups is 1. The molecule has 5 heteroatoms. The maximum absolute atomic E-state index is 12.1. The smallest absolute Gasteiger partial charge is 0.220 e. The lowest BCUT2D eigenvalue weighted by Gasteiger charge is -2.26. The van der Waals surface area contributed by atoms with Gasteiger partial charge in [0, 0.05) is 22.1 Å². The first-order chi connectivity index (χ1) is 10.2. The summed E-state index contributed by atoms with van der Waals surface area (Å²) in [6, 6.07) is 6.05. The number of hydrogen-bond acceptors (Lipinski definition) is 3. The van der Waals surface area contributed by atoms with Crippen LogP contribution in [0.5, 0.6) is 0 Å². The lowest BCUT2D eigenvalue weighted by molar-refractivity contribution is -0.122. The third kappa shape index (κ3) is 5.20. The van der Waals surface area contributed by atoms with E-state index in [2.05, 4.69) is 5.32 Å². The molecular weight excluding hydrogens is 304 g/mol. The quantitative estimate of drug-likeness (QED) is 0.747. The summed E-state index contributed by atoms with van der Waals surface area (Å²) in [4.78, 5) is 13.3. The molecule has 3 nitrogen and oxygen atoms in total. The molecule has 1 unspecified atom stereocenters. The van der Waals surface area contributed by atoms with E-state index in [-0.39, 0.29) is 11.9 Å². The number of carbonyl (C=O) groups excluding carboxylic acids is 1. The van der Waals surface area contributed by atoms with Gasteiger partial charge < -0.3 is 11.1 Å². The van der Waals surface area contributed by atoms with E-state index in [1.807, 2.05) is 30.0 Å². The van der Waals surface area contributed by atoms with Crippen molar-refractivity contribution in [2.75, 3.05) is 12.3 Å². The molecular formula is C16H23ClN2OS. The van der Waals surface area contributed by atoms with Crippen LogP contribution in [0.15, 0.2) is 23.1 Å². The number of halogens is 1. The average molecular weight is 327 g/mol. The Kier molecular flexibility index (Phi) is 6.87. The highest BCUT2D eigenvalue weighted by Gasteiger charge is 2.22. The van der Waals surface area contributed by atoms with Crippen LogP contribution >= 0.6 is 23.4 Å². The lowest BCUT2D eigenvalue weighted by atomic mass is 10.0. The van der Waals surface area contributed by atoms with Gasteiger partial charge in [0.05, 0.1) is 6.04 Å². The van der Waals surface area contributed by atoms with E-state index in [4.69, 9.17) is 17.3 Å². The number of nitrogens with two attached hydrogens (primary N) is 1. The molecule has 1 atom stereocenters. The van der Waals surface area contributed by atoms with Crippen molar-refractivity contribution >= 4 is 29.3 Å². The second kappa shape index (κ2) is 8.66. The van der Waals surface area contributed by atoms with Crippen LogP contribution in [0.3, 0.4) is 0 Å². The second-order valence-electron chi connectivity index (χ2n) is 5.39. The van der Waals surface area contributed by atoms with E-state index in [0.717, 1.165) is 55.0 Å². The Hall–Kier alpha value is -0.710. The summed E-state index contributed by atoms with van der Waals surface area (Å²) in [7, 11) is 0. The second-order valence-corrected chi connectivity index (χ2v) is 6.97. The predicted molar refractivity (Wildman–Crippen MR) is 89.8 cm³/mol. The van der Waals surface area contributed by atoms with Gasteiger partial charge in [0.2, 0.25) is 5.91 Å². The van der Waals surface area contributed by atoms with Crippen LogP contribution in [0.4, 0.5) is 0 Å². The zero-order valence-electron chi connectivity index (χ0n) is 12.2. The van der Waals surface area contributed by atoms with Crippen LogP contribution in [-0.4, -0.2) is 18.2 Å². The highest BCUT2D eigenvalue weighted by molar-refractivity contribution is 7.99. The molecule has 1 aliphatic heterocycles.